The predicted octanol–water partition coefficient (Wildman–Crippen LogP) is 3.10. The Kier molecular flexibility index (Phi) is 2.90. The maximum Gasteiger partial charge on any atom is 0.255 e. The first-order valence-corrected chi connectivity index (χ1v) is 6.47. The number of anilines is 1. The van der Waals surface area contributed by atoms with Gasteiger partial charge in [0, 0.05) is 23.0 Å². The number of hydrogen-bond acceptors (Lipinski definition) is 5. The average molecular weight is 257 g/mol. The highest BCUT2D eigenvalue weighted by molar-refractivity contribution is 7.98. The summed E-state index contributed by atoms with van der Waals surface area (Å²) in [6, 6.07) is 7.79. The van der Waals surface area contributed by atoms with Crippen molar-refractivity contribution in [2.75, 3.05) is 5.73 Å². The van der Waals surface area contributed by atoms with Crippen molar-refractivity contribution in [2.24, 2.45) is 0 Å². The van der Waals surface area contributed by atoms with Crippen LogP contribution < -0.4 is 5.73 Å². The quantitative estimate of drug-likeness (QED) is 0.577. The molecule has 0 amide bonds. The first kappa shape index (κ1) is 11.1. The Morgan fingerprint density at radius 3 is 2.94 bits per heavy atom. The van der Waals surface area contributed by atoms with E-state index in [4.69, 9.17) is 10.2 Å². The van der Waals surface area contributed by atoms with Crippen molar-refractivity contribution in [3.63, 3.8) is 0 Å². The zero-order valence-corrected chi connectivity index (χ0v) is 10.4. The van der Waals surface area contributed by atoms with Crippen LogP contribution in [0.15, 0.2) is 52.6 Å². The van der Waals surface area contributed by atoms with Crippen LogP contribution in [0.3, 0.4) is 0 Å². The lowest BCUT2D eigenvalue weighted by Crippen LogP contribution is -1.92. The second kappa shape index (κ2) is 4.70. The fourth-order valence-electron chi connectivity index (χ4n) is 1.79. The molecule has 0 fully saturated rings. The van der Waals surface area contributed by atoms with Crippen molar-refractivity contribution < 1.29 is 4.42 Å². The molecule has 0 saturated heterocycles. The van der Waals surface area contributed by atoms with Crippen LogP contribution >= 0.6 is 11.8 Å². The number of fused-ring (bicyclic) bond motifs is 1. The molecule has 0 saturated carbocycles. The molecular formula is C13H11N3OS. The van der Waals surface area contributed by atoms with Gasteiger partial charge in [0.1, 0.15) is 6.26 Å². The minimum Gasteiger partial charge on any atom is -0.440 e. The number of benzene rings is 1. The highest BCUT2D eigenvalue weighted by Crippen LogP contribution is 2.27. The SMILES string of the molecule is Nc1ccc(CSc2ncco2)c2ncccc12. The first-order valence-electron chi connectivity index (χ1n) is 5.49. The zero-order valence-electron chi connectivity index (χ0n) is 9.54. The van der Waals surface area contributed by atoms with E-state index in [1.54, 1.807) is 30.4 Å². The van der Waals surface area contributed by atoms with Crippen LogP contribution in [0.2, 0.25) is 0 Å². The molecule has 2 heterocycles. The van der Waals surface area contributed by atoms with Gasteiger partial charge in [0.25, 0.3) is 5.22 Å². The predicted molar refractivity (Wildman–Crippen MR) is 72.2 cm³/mol. The summed E-state index contributed by atoms with van der Waals surface area (Å²) in [5.74, 6) is 0.758. The number of hydrogen-bond donors (Lipinski definition) is 1. The lowest BCUT2D eigenvalue weighted by atomic mass is 10.1. The number of aromatic nitrogens is 2. The Balaban J connectivity index is 1.94. The van der Waals surface area contributed by atoms with E-state index in [1.807, 2.05) is 24.3 Å². The number of nitrogens with two attached hydrogens (primary N) is 1. The average Bonchev–Trinajstić information content (AvgIpc) is 2.92. The summed E-state index contributed by atoms with van der Waals surface area (Å²) in [5, 5.41) is 1.65. The van der Waals surface area contributed by atoms with Crippen molar-refractivity contribution in [1.82, 2.24) is 9.97 Å². The third kappa shape index (κ3) is 2.04. The molecule has 0 spiro atoms. The van der Waals surface area contributed by atoms with Crippen LogP contribution in [0.25, 0.3) is 10.9 Å². The van der Waals surface area contributed by atoms with Crippen molar-refractivity contribution in [1.29, 1.82) is 0 Å². The maximum atomic E-state index is 5.94. The van der Waals surface area contributed by atoms with Gasteiger partial charge in [0.15, 0.2) is 0 Å². The molecule has 3 rings (SSSR count). The molecule has 0 aliphatic rings. The summed E-state index contributed by atoms with van der Waals surface area (Å²) in [5.41, 5.74) is 8.76. The van der Waals surface area contributed by atoms with Gasteiger partial charge in [0.2, 0.25) is 0 Å². The van der Waals surface area contributed by atoms with Crippen LogP contribution in [0.5, 0.6) is 0 Å². The van der Waals surface area contributed by atoms with Crippen molar-refractivity contribution in [2.45, 2.75) is 11.0 Å². The van der Waals surface area contributed by atoms with Gasteiger partial charge >= 0.3 is 0 Å². The van der Waals surface area contributed by atoms with E-state index in [0.29, 0.717) is 5.22 Å². The Labute approximate surface area is 108 Å². The molecule has 0 radical (unpaired) electrons. The molecule has 0 unspecified atom stereocenters. The molecule has 5 heteroatoms. The number of rotatable bonds is 3. The summed E-state index contributed by atoms with van der Waals surface area (Å²) >= 11 is 1.54. The van der Waals surface area contributed by atoms with Gasteiger partial charge in [-0.05, 0) is 23.8 Å². The molecule has 4 nitrogen and oxygen atoms in total. The van der Waals surface area contributed by atoms with E-state index >= 15 is 0 Å². The summed E-state index contributed by atoms with van der Waals surface area (Å²) in [6.07, 6.45) is 4.99. The minimum absolute atomic E-state index is 0.663. The van der Waals surface area contributed by atoms with Crippen LogP contribution in [0, 0.1) is 0 Å². The van der Waals surface area contributed by atoms with Gasteiger partial charge < -0.3 is 10.2 Å². The fourth-order valence-corrected chi connectivity index (χ4v) is 2.56. The van der Waals surface area contributed by atoms with Gasteiger partial charge in [-0.15, -0.1) is 0 Å². The van der Waals surface area contributed by atoms with E-state index in [0.717, 1.165) is 27.9 Å². The second-order valence-electron chi connectivity index (χ2n) is 3.80. The lowest BCUT2D eigenvalue weighted by Gasteiger charge is -2.06. The number of thioether (sulfide) groups is 1. The van der Waals surface area contributed by atoms with Gasteiger partial charge in [-0.1, -0.05) is 17.8 Å². The van der Waals surface area contributed by atoms with Gasteiger partial charge in [-0.2, -0.15) is 0 Å². The highest BCUT2D eigenvalue weighted by Gasteiger charge is 2.07. The number of oxazole rings is 1. The van der Waals surface area contributed by atoms with Crippen molar-refractivity contribution in [3.8, 4) is 0 Å². The van der Waals surface area contributed by atoms with Crippen molar-refractivity contribution in [3.05, 3.63) is 48.5 Å². The second-order valence-corrected chi connectivity index (χ2v) is 4.73. The summed E-state index contributed by atoms with van der Waals surface area (Å²) in [4.78, 5) is 8.48. The van der Waals surface area contributed by atoms with Crippen LogP contribution in [-0.2, 0) is 5.75 Å². The Morgan fingerprint density at radius 1 is 1.17 bits per heavy atom. The zero-order chi connectivity index (χ0) is 12.4. The fraction of sp³-hybridized carbons (Fsp3) is 0.0769. The Hall–Kier alpha value is -2.01. The molecule has 2 aromatic heterocycles. The summed E-state index contributed by atoms with van der Waals surface area (Å²) in [7, 11) is 0. The van der Waals surface area contributed by atoms with E-state index < -0.39 is 0 Å². The molecule has 1 aromatic carbocycles. The largest absolute Gasteiger partial charge is 0.440 e. The molecule has 2 N–H and O–H groups in total. The molecule has 0 aliphatic carbocycles. The van der Waals surface area contributed by atoms with Gasteiger partial charge in [-0.3, -0.25) is 4.98 Å². The Bertz CT molecular complexity index is 667. The van der Waals surface area contributed by atoms with E-state index in [9.17, 15) is 0 Å². The van der Waals surface area contributed by atoms with Crippen LogP contribution in [0.4, 0.5) is 5.69 Å². The minimum atomic E-state index is 0.663. The topological polar surface area (TPSA) is 64.9 Å². The maximum absolute atomic E-state index is 5.94. The van der Waals surface area contributed by atoms with Gasteiger partial charge in [-0.25, -0.2) is 4.98 Å². The molecule has 18 heavy (non-hydrogen) atoms. The van der Waals surface area contributed by atoms with Crippen LogP contribution in [-0.4, -0.2) is 9.97 Å². The number of pyridine rings is 1. The molecular weight excluding hydrogens is 246 g/mol. The van der Waals surface area contributed by atoms with Gasteiger partial charge in [0.05, 0.1) is 11.7 Å². The first-order chi connectivity index (χ1) is 8.84. The van der Waals surface area contributed by atoms with E-state index in [2.05, 4.69) is 9.97 Å². The Morgan fingerprint density at radius 2 is 2.11 bits per heavy atom. The van der Waals surface area contributed by atoms with Crippen LogP contribution in [0.1, 0.15) is 5.56 Å². The summed E-state index contributed by atoms with van der Waals surface area (Å²) in [6.45, 7) is 0. The summed E-state index contributed by atoms with van der Waals surface area (Å²) < 4.78 is 5.20. The number of nitrogens with zero attached hydrogens (tertiary/aromatic N) is 2. The molecule has 0 atom stereocenters. The number of nitrogen functional groups attached to an aromatic ring is 1. The smallest absolute Gasteiger partial charge is 0.255 e. The molecule has 0 bridgehead atoms. The standard InChI is InChI=1S/C13H11N3OS/c14-11-4-3-9(8-18-13-16-6-7-17-13)12-10(11)2-1-5-15-12/h1-7H,8,14H2. The van der Waals surface area contributed by atoms with Crippen molar-refractivity contribution >= 4 is 28.4 Å². The molecule has 0 aliphatic heterocycles. The lowest BCUT2D eigenvalue weighted by molar-refractivity contribution is 0.454. The van der Waals surface area contributed by atoms with E-state index in [1.165, 1.54) is 0 Å². The monoisotopic (exact) mass is 257 g/mol. The molecule has 90 valence electrons. The highest BCUT2D eigenvalue weighted by atomic mass is 32.2. The third-order valence-electron chi connectivity index (χ3n) is 2.65. The molecule has 3 aromatic rings. The normalized spacial score (nSPS) is 10.9. The van der Waals surface area contributed by atoms with E-state index in [-0.39, 0.29) is 0 Å². The third-order valence-corrected chi connectivity index (χ3v) is 3.55.